The number of anilines is 1. The lowest BCUT2D eigenvalue weighted by molar-refractivity contribution is 0.384. The van der Waals surface area contributed by atoms with Gasteiger partial charge in [0.25, 0.3) is 0 Å². The maximum atomic E-state index is 13.9. The van der Waals surface area contributed by atoms with Crippen molar-refractivity contribution in [2.75, 3.05) is 12.4 Å². The summed E-state index contributed by atoms with van der Waals surface area (Å²) in [6.45, 7) is 0.372. The van der Waals surface area contributed by atoms with Gasteiger partial charge in [0.1, 0.15) is 0 Å². The number of ether oxygens (including phenoxy) is 1. The first-order chi connectivity index (χ1) is 9.24. The molecule has 0 aliphatic carbocycles. The van der Waals surface area contributed by atoms with Crippen molar-refractivity contribution >= 4 is 5.69 Å². The number of benzene rings is 2. The maximum Gasteiger partial charge on any atom is 0.170 e. The van der Waals surface area contributed by atoms with Gasteiger partial charge in [-0.2, -0.15) is 0 Å². The van der Waals surface area contributed by atoms with E-state index in [1.54, 1.807) is 18.2 Å². The van der Waals surface area contributed by atoms with Gasteiger partial charge in [-0.05, 0) is 24.3 Å². The largest absolute Gasteiger partial charge is 0.494 e. The normalized spacial score (nSPS) is 9.74. The summed E-state index contributed by atoms with van der Waals surface area (Å²) in [4.78, 5) is 0. The van der Waals surface area contributed by atoms with Gasteiger partial charge in [0.15, 0.2) is 11.6 Å². The van der Waals surface area contributed by atoms with E-state index < -0.39 is 0 Å². The molecule has 0 aromatic heterocycles. The summed E-state index contributed by atoms with van der Waals surface area (Å²) in [7, 11) is 1.45. The van der Waals surface area contributed by atoms with E-state index in [1.807, 2.05) is 24.3 Å². The highest BCUT2D eigenvalue weighted by molar-refractivity contribution is 5.50. The van der Waals surface area contributed by atoms with Crippen molar-refractivity contribution in [2.24, 2.45) is 0 Å². The SMILES string of the molecule is C#Cc1cccc(NCc2cccc(OC)c2F)c1. The molecule has 0 aliphatic rings. The summed E-state index contributed by atoms with van der Waals surface area (Å²) in [5, 5.41) is 3.14. The van der Waals surface area contributed by atoms with Crippen LogP contribution in [0.1, 0.15) is 11.1 Å². The van der Waals surface area contributed by atoms with Gasteiger partial charge in [0.05, 0.1) is 7.11 Å². The molecule has 0 atom stereocenters. The lowest BCUT2D eigenvalue weighted by atomic mass is 10.1. The summed E-state index contributed by atoms with van der Waals surface area (Å²) >= 11 is 0. The Morgan fingerprint density at radius 1 is 1.26 bits per heavy atom. The average molecular weight is 255 g/mol. The van der Waals surface area contributed by atoms with E-state index in [0.29, 0.717) is 12.1 Å². The average Bonchev–Trinajstić information content (AvgIpc) is 2.46. The molecule has 0 amide bonds. The number of hydrogen-bond donors (Lipinski definition) is 1. The van der Waals surface area contributed by atoms with Gasteiger partial charge in [-0.15, -0.1) is 6.42 Å². The van der Waals surface area contributed by atoms with Gasteiger partial charge in [0, 0.05) is 23.4 Å². The van der Waals surface area contributed by atoms with Crippen LogP contribution in [0.5, 0.6) is 5.75 Å². The Morgan fingerprint density at radius 3 is 2.79 bits per heavy atom. The molecule has 0 saturated carbocycles. The van der Waals surface area contributed by atoms with Crippen molar-refractivity contribution in [2.45, 2.75) is 6.54 Å². The highest BCUT2D eigenvalue weighted by Crippen LogP contribution is 2.21. The molecule has 0 spiro atoms. The topological polar surface area (TPSA) is 21.3 Å². The van der Waals surface area contributed by atoms with Gasteiger partial charge < -0.3 is 10.1 Å². The molecule has 0 aliphatic heterocycles. The highest BCUT2D eigenvalue weighted by atomic mass is 19.1. The summed E-state index contributed by atoms with van der Waals surface area (Å²) in [6.07, 6.45) is 5.33. The fourth-order valence-corrected chi connectivity index (χ4v) is 1.77. The molecule has 0 unspecified atom stereocenters. The number of halogens is 1. The molecule has 0 fully saturated rings. The van der Waals surface area contributed by atoms with E-state index in [1.165, 1.54) is 7.11 Å². The van der Waals surface area contributed by atoms with Crippen LogP contribution < -0.4 is 10.1 Å². The van der Waals surface area contributed by atoms with E-state index in [2.05, 4.69) is 11.2 Å². The summed E-state index contributed by atoms with van der Waals surface area (Å²) < 4.78 is 18.9. The number of hydrogen-bond acceptors (Lipinski definition) is 2. The Hall–Kier alpha value is -2.47. The third-order valence-corrected chi connectivity index (χ3v) is 2.78. The van der Waals surface area contributed by atoms with Crippen molar-refractivity contribution in [3.05, 3.63) is 59.4 Å². The van der Waals surface area contributed by atoms with Crippen molar-refractivity contribution < 1.29 is 9.13 Å². The molecular formula is C16H14FNO. The number of terminal acetylenes is 1. The van der Waals surface area contributed by atoms with Crippen LogP contribution in [0.3, 0.4) is 0 Å². The minimum Gasteiger partial charge on any atom is -0.494 e. The lowest BCUT2D eigenvalue weighted by Gasteiger charge is -2.10. The molecule has 3 heteroatoms. The molecule has 2 rings (SSSR count). The molecule has 0 heterocycles. The molecule has 2 nitrogen and oxygen atoms in total. The first-order valence-electron chi connectivity index (χ1n) is 5.86. The van der Waals surface area contributed by atoms with E-state index >= 15 is 0 Å². The van der Waals surface area contributed by atoms with Crippen LogP contribution in [-0.2, 0) is 6.54 Å². The smallest absolute Gasteiger partial charge is 0.170 e. The van der Waals surface area contributed by atoms with Gasteiger partial charge in [-0.25, -0.2) is 4.39 Å². The van der Waals surface area contributed by atoms with E-state index in [-0.39, 0.29) is 11.6 Å². The van der Waals surface area contributed by atoms with Crippen LogP contribution in [0, 0.1) is 18.2 Å². The first-order valence-corrected chi connectivity index (χ1v) is 5.86. The Balaban J connectivity index is 2.12. The van der Waals surface area contributed by atoms with Gasteiger partial charge in [0.2, 0.25) is 0 Å². The Labute approximate surface area is 112 Å². The zero-order valence-electron chi connectivity index (χ0n) is 10.6. The van der Waals surface area contributed by atoms with Gasteiger partial charge in [-0.1, -0.05) is 24.1 Å². The minimum atomic E-state index is -0.342. The number of rotatable bonds is 4. The molecule has 96 valence electrons. The highest BCUT2D eigenvalue weighted by Gasteiger charge is 2.07. The standard InChI is InChI=1S/C16H14FNO/c1-3-12-6-4-8-14(10-12)18-11-13-7-5-9-15(19-2)16(13)17/h1,4-10,18H,11H2,2H3. The van der Waals surface area contributed by atoms with Crippen LogP contribution in [0.2, 0.25) is 0 Å². The van der Waals surface area contributed by atoms with Crippen molar-refractivity contribution in [3.63, 3.8) is 0 Å². The predicted octanol–water partition coefficient (Wildman–Crippen LogP) is 3.43. The molecule has 2 aromatic rings. The molecule has 0 bridgehead atoms. The molecule has 0 saturated heterocycles. The van der Waals surface area contributed by atoms with E-state index in [9.17, 15) is 4.39 Å². The second-order valence-electron chi connectivity index (χ2n) is 4.01. The van der Waals surface area contributed by atoms with Crippen LogP contribution in [0.4, 0.5) is 10.1 Å². The molecular weight excluding hydrogens is 241 g/mol. The second kappa shape index (κ2) is 5.92. The van der Waals surface area contributed by atoms with Gasteiger partial charge in [-0.3, -0.25) is 0 Å². The minimum absolute atomic E-state index is 0.247. The zero-order valence-corrected chi connectivity index (χ0v) is 10.6. The third kappa shape index (κ3) is 3.05. The Morgan fingerprint density at radius 2 is 2.05 bits per heavy atom. The maximum absolute atomic E-state index is 13.9. The second-order valence-corrected chi connectivity index (χ2v) is 4.01. The van der Waals surface area contributed by atoms with E-state index in [4.69, 9.17) is 11.2 Å². The van der Waals surface area contributed by atoms with E-state index in [0.717, 1.165) is 11.3 Å². The third-order valence-electron chi connectivity index (χ3n) is 2.78. The lowest BCUT2D eigenvalue weighted by Crippen LogP contribution is -2.03. The quantitative estimate of drug-likeness (QED) is 0.845. The van der Waals surface area contributed by atoms with Crippen LogP contribution in [-0.4, -0.2) is 7.11 Å². The molecule has 1 N–H and O–H groups in total. The predicted molar refractivity (Wildman–Crippen MR) is 74.7 cm³/mol. The van der Waals surface area contributed by atoms with Crippen molar-refractivity contribution in [1.82, 2.24) is 0 Å². The van der Waals surface area contributed by atoms with Crippen LogP contribution >= 0.6 is 0 Å². The summed E-state index contributed by atoms with van der Waals surface area (Å²) in [5.74, 6) is 2.47. The summed E-state index contributed by atoms with van der Waals surface area (Å²) in [5.41, 5.74) is 2.19. The zero-order chi connectivity index (χ0) is 13.7. The fourth-order valence-electron chi connectivity index (χ4n) is 1.77. The molecule has 0 radical (unpaired) electrons. The Bertz CT molecular complexity index is 616. The van der Waals surface area contributed by atoms with Crippen LogP contribution in [0.15, 0.2) is 42.5 Å². The molecule has 19 heavy (non-hydrogen) atoms. The van der Waals surface area contributed by atoms with Crippen molar-refractivity contribution in [1.29, 1.82) is 0 Å². The number of nitrogens with one attached hydrogen (secondary N) is 1. The number of methoxy groups -OCH3 is 1. The van der Waals surface area contributed by atoms with Crippen LogP contribution in [0.25, 0.3) is 0 Å². The Kier molecular flexibility index (Phi) is 4.04. The fraction of sp³-hybridized carbons (Fsp3) is 0.125. The molecule has 2 aromatic carbocycles. The monoisotopic (exact) mass is 255 g/mol. The summed E-state index contributed by atoms with van der Waals surface area (Å²) in [6, 6.07) is 12.5. The first kappa shape index (κ1) is 13.0. The van der Waals surface area contributed by atoms with Gasteiger partial charge >= 0.3 is 0 Å². The van der Waals surface area contributed by atoms with Crippen molar-refractivity contribution in [3.8, 4) is 18.1 Å².